The summed E-state index contributed by atoms with van der Waals surface area (Å²) in [6, 6.07) is 4.84. The molecule has 0 heterocycles. The summed E-state index contributed by atoms with van der Waals surface area (Å²) in [6.45, 7) is 0. The van der Waals surface area contributed by atoms with Crippen molar-refractivity contribution < 1.29 is 13.2 Å². The smallest absolute Gasteiger partial charge is 0.370 e. The monoisotopic (exact) mass is 239 g/mol. The van der Waals surface area contributed by atoms with Crippen molar-refractivity contribution >= 4 is 24.1 Å². The highest BCUT2D eigenvalue weighted by Crippen LogP contribution is 2.34. The van der Waals surface area contributed by atoms with Gasteiger partial charge in [0.2, 0.25) is 0 Å². The molecule has 0 aliphatic carbocycles. The molecule has 0 atom stereocenters. The summed E-state index contributed by atoms with van der Waals surface area (Å²) in [4.78, 5) is 0. The van der Waals surface area contributed by atoms with E-state index in [9.17, 15) is 13.2 Å². The van der Waals surface area contributed by atoms with Crippen molar-refractivity contribution in [2.45, 2.75) is 6.18 Å². The van der Waals surface area contributed by atoms with Crippen LogP contribution in [-0.4, -0.2) is 5.96 Å². The Morgan fingerprint density at radius 2 is 1.80 bits per heavy atom. The van der Waals surface area contributed by atoms with E-state index in [-0.39, 0.29) is 18.1 Å². The van der Waals surface area contributed by atoms with E-state index in [0.29, 0.717) is 0 Å². The van der Waals surface area contributed by atoms with Crippen LogP contribution >= 0.6 is 12.4 Å². The third-order valence-electron chi connectivity index (χ3n) is 1.50. The van der Waals surface area contributed by atoms with Crippen LogP contribution < -0.4 is 11.1 Å². The Balaban J connectivity index is 0.00000196. The highest BCUT2D eigenvalue weighted by Gasteiger charge is 2.33. The number of nitrogens with two attached hydrogens (primary N) is 1. The molecule has 0 fully saturated rings. The van der Waals surface area contributed by atoms with Gasteiger partial charge in [0.25, 0.3) is 0 Å². The van der Waals surface area contributed by atoms with Crippen molar-refractivity contribution in [3.63, 3.8) is 0 Å². The lowest BCUT2D eigenvalue weighted by molar-refractivity contribution is -0.136. The molecule has 0 spiro atoms. The molecule has 1 rings (SSSR count). The zero-order valence-electron chi connectivity index (χ0n) is 7.43. The van der Waals surface area contributed by atoms with Gasteiger partial charge in [-0.25, -0.2) is 0 Å². The van der Waals surface area contributed by atoms with E-state index in [1.165, 1.54) is 18.2 Å². The van der Waals surface area contributed by atoms with Gasteiger partial charge in [-0.2, -0.15) is 13.2 Å². The molecule has 0 radical (unpaired) electrons. The van der Waals surface area contributed by atoms with Crippen LogP contribution in [0.3, 0.4) is 0 Å². The van der Waals surface area contributed by atoms with Crippen molar-refractivity contribution in [1.82, 2.24) is 0 Å². The van der Waals surface area contributed by atoms with Crippen LogP contribution in [-0.2, 0) is 6.18 Å². The van der Waals surface area contributed by atoms with Crippen molar-refractivity contribution in [2.24, 2.45) is 5.73 Å². The quantitative estimate of drug-likeness (QED) is 0.521. The number of hydrogen-bond acceptors (Lipinski definition) is 1. The number of para-hydroxylation sites is 1. The number of halogens is 4. The molecule has 0 aliphatic rings. The van der Waals surface area contributed by atoms with Crippen LogP contribution in [0, 0.1) is 5.41 Å². The van der Waals surface area contributed by atoms with Gasteiger partial charge in [-0.1, -0.05) is 12.1 Å². The van der Waals surface area contributed by atoms with Crippen molar-refractivity contribution in [3.8, 4) is 0 Å². The van der Waals surface area contributed by atoms with Crippen LogP contribution in [0.1, 0.15) is 5.56 Å². The number of nitrogens with one attached hydrogen (secondary N) is 2. The molecule has 0 saturated carbocycles. The largest absolute Gasteiger partial charge is 0.418 e. The highest BCUT2D eigenvalue weighted by molar-refractivity contribution is 5.90. The molecule has 0 amide bonds. The number of guanidine groups is 1. The number of alkyl halides is 3. The fraction of sp³-hybridized carbons (Fsp3) is 0.125. The highest BCUT2D eigenvalue weighted by atomic mass is 35.5. The fourth-order valence-corrected chi connectivity index (χ4v) is 0.984. The first kappa shape index (κ1) is 13.6. The molecule has 0 saturated heterocycles. The summed E-state index contributed by atoms with van der Waals surface area (Å²) in [5.74, 6) is -0.526. The lowest BCUT2D eigenvalue weighted by Crippen LogP contribution is -2.22. The first-order chi connectivity index (χ1) is 6.41. The lowest BCUT2D eigenvalue weighted by Gasteiger charge is -2.12. The van der Waals surface area contributed by atoms with E-state index < -0.39 is 17.7 Å². The van der Waals surface area contributed by atoms with E-state index >= 15 is 0 Å². The lowest BCUT2D eigenvalue weighted by atomic mass is 10.1. The normalized spacial score (nSPS) is 10.3. The molecule has 0 unspecified atom stereocenters. The zero-order valence-corrected chi connectivity index (χ0v) is 8.25. The Bertz CT molecular complexity index is 351. The second kappa shape index (κ2) is 4.88. The number of rotatable bonds is 1. The standard InChI is InChI=1S/C8H8F3N3.ClH/c9-8(10,11)5-3-1-2-4-6(5)14-7(12)13;/h1-4H,(H4,12,13,14);1H. The molecule has 0 aromatic heterocycles. The van der Waals surface area contributed by atoms with Crippen molar-refractivity contribution in [2.75, 3.05) is 5.32 Å². The molecule has 4 N–H and O–H groups in total. The minimum Gasteiger partial charge on any atom is -0.370 e. The zero-order chi connectivity index (χ0) is 10.8. The molecular formula is C8H9ClF3N3. The number of anilines is 1. The second-order valence-electron chi connectivity index (χ2n) is 2.58. The van der Waals surface area contributed by atoms with Gasteiger partial charge in [0.15, 0.2) is 5.96 Å². The number of hydrogen-bond donors (Lipinski definition) is 3. The molecule has 1 aromatic carbocycles. The van der Waals surface area contributed by atoms with E-state index in [4.69, 9.17) is 11.1 Å². The summed E-state index contributed by atoms with van der Waals surface area (Å²) >= 11 is 0. The third kappa shape index (κ3) is 3.67. The summed E-state index contributed by atoms with van der Waals surface area (Å²) in [5.41, 5.74) is 3.89. The van der Waals surface area contributed by atoms with Crippen molar-refractivity contribution in [3.05, 3.63) is 29.8 Å². The van der Waals surface area contributed by atoms with Gasteiger partial charge < -0.3 is 11.1 Å². The minimum atomic E-state index is -4.45. The van der Waals surface area contributed by atoms with E-state index in [0.717, 1.165) is 6.07 Å². The van der Waals surface area contributed by atoms with Crippen molar-refractivity contribution in [1.29, 1.82) is 5.41 Å². The van der Waals surface area contributed by atoms with Gasteiger partial charge in [-0.05, 0) is 12.1 Å². The van der Waals surface area contributed by atoms with Gasteiger partial charge in [-0.3, -0.25) is 5.41 Å². The van der Waals surface area contributed by atoms with E-state index in [1.807, 2.05) is 0 Å². The number of benzene rings is 1. The SMILES string of the molecule is Cl.N=C(N)Nc1ccccc1C(F)(F)F. The van der Waals surface area contributed by atoms with Gasteiger partial charge in [0.05, 0.1) is 11.3 Å². The molecule has 0 bridgehead atoms. The molecule has 0 aliphatic heterocycles. The van der Waals surface area contributed by atoms with Gasteiger partial charge in [0, 0.05) is 0 Å². The predicted molar refractivity (Wildman–Crippen MR) is 54.2 cm³/mol. The maximum Gasteiger partial charge on any atom is 0.418 e. The third-order valence-corrected chi connectivity index (χ3v) is 1.50. The topological polar surface area (TPSA) is 61.9 Å². The molecular weight excluding hydrogens is 231 g/mol. The average Bonchev–Trinajstić information content (AvgIpc) is 2.01. The summed E-state index contributed by atoms with van der Waals surface area (Å²) < 4.78 is 37.0. The van der Waals surface area contributed by atoms with Crippen LogP contribution in [0.15, 0.2) is 24.3 Å². The summed E-state index contributed by atoms with van der Waals surface area (Å²) in [7, 11) is 0. The maximum atomic E-state index is 12.3. The first-order valence-corrected chi connectivity index (χ1v) is 3.68. The average molecular weight is 240 g/mol. The van der Waals surface area contributed by atoms with E-state index in [1.54, 1.807) is 0 Å². The fourth-order valence-electron chi connectivity index (χ4n) is 0.984. The molecule has 3 nitrogen and oxygen atoms in total. The Labute approximate surface area is 90.4 Å². The van der Waals surface area contributed by atoms with Gasteiger partial charge in [-0.15, -0.1) is 12.4 Å². The minimum absolute atomic E-state index is 0. The Morgan fingerprint density at radius 1 is 1.27 bits per heavy atom. The predicted octanol–water partition coefficient (Wildman–Crippen LogP) is 2.43. The molecule has 1 aromatic rings. The molecule has 7 heteroatoms. The van der Waals surface area contributed by atoms with Gasteiger partial charge in [0.1, 0.15) is 0 Å². The van der Waals surface area contributed by atoms with Crippen LogP contribution in [0.25, 0.3) is 0 Å². The first-order valence-electron chi connectivity index (χ1n) is 3.68. The Morgan fingerprint density at radius 3 is 2.27 bits per heavy atom. The Hall–Kier alpha value is -1.43. The molecule has 84 valence electrons. The van der Waals surface area contributed by atoms with Crippen LogP contribution in [0.2, 0.25) is 0 Å². The van der Waals surface area contributed by atoms with Crippen LogP contribution in [0.5, 0.6) is 0 Å². The summed E-state index contributed by atoms with van der Waals surface area (Å²) in [6.07, 6.45) is -4.45. The van der Waals surface area contributed by atoms with Crippen LogP contribution in [0.4, 0.5) is 18.9 Å². The molecule has 15 heavy (non-hydrogen) atoms. The maximum absolute atomic E-state index is 12.3. The second-order valence-corrected chi connectivity index (χ2v) is 2.58. The van der Waals surface area contributed by atoms with E-state index in [2.05, 4.69) is 5.32 Å². The van der Waals surface area contributed by atoms with Gasteiger partial charge >= 0.3 is 6.18 Å². The Kier molecular flexibility index (Phi) is 4.41. The summed E-state index contributed by atoms with van der Waals surface area (Å²) in [5, 5.41) is 8.95.